The minimum atomic E-state index is -0.187. The molecule has 0 aromatic rings. The first kappa shape index (κ1) is 12.5. The summed E-state index contributed by atoms with van der Waals surface area (Å²) in [6.07, 6.45) is 4.15. The van der Waals surface area contributed by atoms with Crippen molar-refractivity contribution in [2.24, 2.45) is 0 Å². The van der Waals surface area contributed by atoms with Gasteiger partial charge in [0.05, 0.1) is 13.2 Å². The van der Waals surface area contributed by atoms with Crippen molar-refractivity contribution in [3.05, 3.63) is 0 Å². The van der Waals surface area contributed by atoms with Crippen LogP contribution in [0.15, 0.2) is 0 Å². The van der Waals surface area contributed by atoms with Gasteiger partial charge >= 0.3 is 5.97 Å². The van der Waals surface area contributed by atoms with Crippen molar-refractivity contribution in [1.82, 2.24) is 4.90 Å². The van der Waals surface area contributed by atoms with Gasteiger partial charge in [0.15, 0.2) is 0 Å². The van der Waals surface area contributed by atoms with Gasteiger partial charge in [-0.25, -0.2) is 0 Å². The van der Waals surface area contributed by atoms with Gasteiger partial charge in [-0.3, -0.25) is 4.79 Å². The average molecular weight is 215 g/mol. The summed E-state index contributed by atoms with van der Waals surface area (Å²) in [6.45, 7) is 0.844. The summed E-state index contributed by atoms with van der Waals surface area (Å²) in [5.41, 5.74) is 0. The summed E-state index contributed by atoms with van der Waals surface area (Å²) in [5.74, 6) is -0.157. The average Bonchev–Trinajstić information content (AvgIpc) is 2.64. The highest BCUT2D eigenvalue weighted by molar-refractivity contribution is 5.69. The van der Waals surface area contributed by atoms with Gasteiger partial charge in [0.1, 0.15) is 0 Å². The third-order valence-corrected chi connectivity index (χ3v) is 3.13. The van der Waals surface area contributed by atoms with E-state index in [-0.39, 0.29) is 18.1 Å². The van der Waals surface area contributed by atoms with Crippen molar-refractivity contribution in [3.8, 4) is 0 Å². The molecule has 1 fully saturated rings. The van der Waals surface area contributed by atoms with Gasteiger partial charge in [-0.2, -0.15) is 0 Å². The van der Waals surface area contributed by atoms with Gasteiger partial charge in [0.2, 0.25) is 0 Å². The van der Waals surface area contributed by atoms with Crippen LogP contribution in [0.5, 0.6) is 0 Å². The summed E-state index contributed by atoms with van der Waals surface area (Å²) in [6, 6.07) is 0.280. The third-order valence-electron chi connectivity index (χ3n) is 3.13. The van der Waals surface area contributed by atoms with Crippen LogP contribution in [0.25, 0.3) is 0 Å². The lowest BCUT2D eigenvalue weighted by atomic mass is 10.1. The predicted molar refractivity (Wildman–Crippen MR) is 57.5 cm³/mol. The first-order valence-corrected chi connectivity index (χ1v) is 5.60. The molecule has 0 aromatic carbocycles. The molecule has 4 nitrogen and oxygen atoms in total. The highest BCUT2D eigenvalue weighted by Gasteiger charge is 2.28. The Morgan fingerprint density at radius 1 is 1.53 bits per heavy atom. The number of likely N-dealkylation sites (N-methyl/N-ethyl adjacent to an activating group) is 1. The topological polar surface area (TPSA) is 49.8 Å². The molecule has 0 aromatic heterocycles. The number of nitrogens with zero attached hydrogens (tertiary/aromatic N) is 1. The van der Waals surface area contributed by atoms with E-state index in [2.05, 4.69) is 9.64 Å². The molecule has 0 bridgehead atoms. The normalized spacial score (nSPS) is 25.9. The molecule has 2 atom stereocenters. The highest BCUT2D eigenvalue weighted by Crippen LogP contribution is 2.23. The van der Waals surface area contributed by atoms with Gasteiger partial charge in [0.25, 0.3) is 0 Å². The SMILES string of the molecule is COC(=O)CCCN(C)C1CCCC1O. The molecular formula is C11H21NO3. The third kappa shape index (κ3) is 3.80. The number of carbonyl (C=O) groups excluding carboxylic acids is 1. The van der Waals surface area contributed by atoms with E-state index in [1.807, 2.05) is 7.05 Å². The van der Waals surface area contributed by atoms with Crippen molar-refractivity contribution in [3.63, 3.8) is 0 Å². The van der Waals surface area contributed by atoms with Gasteiger partial charge in [-0.15, -0.1) is 0 Å². The van der Waals surface area contributed by atoms with Crippen LogP contribution in [-0.4, -0.2) is 48.8 Å². The second-order valence-corrected chi connectivity index (χ2v) is 4.23. The Hall–Kier alpha value is -0.610. The number of esters is 1. The maximum absolute atomic E-state index is 10.9. The summed E-state index contributed by atoms with van der Waals surface area (Å²) in [4.78, 5) is 13.0. The molecule has 1 saturated carbocycles. The maximum atomic E-state index is 10.9. The number of hydrogen-bond acceptors (Lipinski definition) is 4. The molecule has 0 spiro atoms. The standard InChI is InChI=1S/C11H21NO3/c1-12(8-4-7-11(14)15-2)9-5-3-6-10(9)13/h9-10,13H,3-8H2,1-2H3. The molecular weight excluding hydrogens is 194 g/mol. The second kappa shape index (κ2) is 6.08. The molecule has 0 aliphatic heterocycles. The molecule has 0 radical (unpaired) electrons. The van der Waals surface area contributed by atoms with Crippen LogP contribution in [0, 0.1) is 0 Å². The van der Waals surface area contributed by atoms with Crippen LogP contribution in [0.1, 0.15) is 32.1 Å². The monoisotopic (exact) mass is 215 g/mol. The molecule has 1 aliphatic rings. The smallest absolute Gasteiger partial charge is 0.305 e. The number of carbonyl (C=O) groups is 1. The number of aliphatic hydroxyl groups is 1. The van der Waals surface area contributed by atoms with Crippen LogP contribution in [0.2, 0.25) is 0 Å². The molecule has 88 valence electrons. The minimum absolute atomic E-state index is 0.157. The van der Waals surface area contributed by atoms with E-state index in [1.165, 1.54) is 7.11 Å². The van der Waals surface area contributed by atoms with E-state index in [1.54, 1.807) is 0 Å². The molecule has 2 unspecified atom stereocenters. The van der Waals surface area contributed by atoms with E-state index in [4.69, 9.17) is 0 Å². The molecule has 1 rings (SSSR count). The van der Waals surface area contributed by atoms with Gasteiger partial charge in [0, 0.05) is 12.5 Å². The largest absolute Gasteiger partial charge is 0.469 e. The van der Waals surface area contributed by atoms with E-state index in [9.17, 15) is 9.90 Å². The number of methoxy groups -OCH3 is 1. The zero-order valence-electron chi connectivity index (χ0n) is 9.61. The fourth-order valence-electron chi connectivity index (χ4n) is 2.18. The van der Waals surface area contributed by atoms with Crippen molar-refractivity contribution >= 4 is 5.97 Å². The van der Waals surface area contributed by atoms with Crippen LogP contribution >= 0.6 is 0 Å². The zero-order chi connectivity index (χ0) is 11.3. The number of hydrogen-bond donors (Lipinski definition) is 1. The number of rotatable bonds is 5. The lowest BCUT2D eigenvalue weighted by Gasteiger charge is -2.26. The molecule has 0 amide bonds. The Kier molecular flexibility index (Phi) is 5.05. The van der Waals surface area contributed by atoms with Crippen molar-refractivity contribution in [2.45, 2.75) is 44.2 Å². The lowest BCUT2D eigenvalue weighted by molar-refractivity contribution is -0.140. The fourth-order valence-corrected chi connectivity index (χ4v) is 2.18. The van der Waals surface area contributed by atoms with Gasteiger partial charge < -0.3 is 14.7 Å². The summed E-state index contributed by atoms with van der Waals surface area (Å²) in [5, 5.41) is 9.68. The number of aliphatic hydroxyl groups excluding tert-OH is 1. The van der Waals surface area contributed by atoms with E-state index < -0.39 is 0 Å². The molecule has 4 heteroatoms. The fraction of sp³-hybridized carbons (Fsp3) is 0.909. The highest BCUT2D eigenvalue weighted by atomic mass is 16.5. The summed E-state index contributed by atoms with van der Waals surface area (Å²) in [7, 11) is 3.42. The Balaban J connectivity index is 2.18. The first-order valence-electron chi connectivity index (χ1n) is 5.60. The van der Waals surface area contributed by atoms with Crippen molar-refractivity contribution in [1.29, 1.82) is 0 Å². The van der Waals surface area contributed by atoms with Crippen molar-refractivity contribution in [2.75, 3.05) is 20.7 Å². The van der Waals surface area contributed by atoms with Gasteiger partial charge in [-0.05, 0) is 39.3 Å². The van der Waals surface area contributed by atoms with Crippen LogP contribution < -0.4 is 0 Å². The van der Waals surface area contributed by atoms with E-state index in [0.29, 0.717) is 6.42 Å². The molecule has 0 saturated heterocycles. The van der Waals surface area contributed by atoms with Gasteiger partial charge in [-0.1, -0.05) is 0 Å². The zero-order valence-corrected chi connectivity index (χ0v) is 9.61. The maximum Gasteiger partial charge on any atom is 0.305 e. The predicted octanol–water partition coefficient (Wildman–Crippen LogP) is 0.785. The Labute approximate surface area is 91.2 Å². The first-order chi connectivity index (χ1) is 7.15. The summed E-state index contributed by atoms with van der Waals surface area (Å²) < 4.78 is 4.57. The Morgan fingerprint density at radius 2 is 2.27 bits per heavy atom. The second-order valence-electron chi connectivity index (χ2n) is 4.23. The van der Waals surface area contributed by atoms with E-state index >= 15 is 0 Å². The molecule has 1 aliphatic carbocycles. The molecule has 15 heavy (non-hydrogen) atoms. The van der Waals surface area contributed by atoms with Crippen LogP contribution in [0.4, 0.5) is 0 Å². The van der Waals surface area contributed by atoms with Crippen molar-refractivity contribution < 1.29 is 14.6 Å². The lowest BCUT2D eigenvalue weighted by Crippen LogP contribution is -2.38. The van der Waals surface area contributed by atoms with Crippen LogP contribution in [-0.2, 0) is 9.53 Å². The molecule has 1 N–H and O–H groups in total. The minimum Gasteiger partial charge on any atom is -0.469 e. The van der Waals surface area contributed by atoms with Crippen LogP contribution in [0.3, 0.4) is 0 Å². The molecule has 0 heterocycles. The Morgan fingerprint density at radius 3 is 2.80 bits per heavy atom. The quantitative estimate of drug-likeness (QED) is 0.689. The number of ether oxygens (including phenoxy) is 1. The van der Waals surface area contributed by atoms with E-state index in [0.717, 1.165) is 32.2 Å². The Bertz CT molecular complexity index is 208. The summed E-state index contributed by atoms with van der Waals surface area (Å²) >= 11 is 0.